The van der Waals surface area contributed by atoms with E-state index >= 15 is 0 Å². The summed E-state index contributed by atoms with van der Waals surface area (Å²) in [6.07, 6.45) is 2.35. The summed E-state index contributed by atoms with van der Waals surface area (Å²) in [5.41, 5.74) is 2.07. The van der Waals surface area contributed by atoms with Crippen molar-refractivity contribution in [1.29, 1.82) is 0 Å². The van der Waals surface area contributed by atoms with E-state index in [0.717, 1.165) is 24.2 Å². The standard InChI is InChI=1S/C24H24N4O3S/c1-31-17-10-5-9-16(13-17)22-26-27-24(32-22)25-21(29)20-11-6-12-28(20)23(30)19-14-18(19)15-7-3-2-4-8-15/h2-5,7-10,13,18-20H,6,11-12,14H2,1H3,(H,25,27,29). The summed E-state index contributed by atoms with van der Waals surface area (Å²) in [7, 11) is 1.61. The van der Waals surface area contributed by atoms with E-state index < -0.39 is 6.04 Å². The molecule has 1 aliphatic carbocycles. The molecule has 2 aliphatic rings. The fourth-order valence-corrected chi connectivity index (χ4v) is 5.13. The van der Waals surface area contributed by atoms with Crippen molar-refractivity contribution in [1.82, 2.24) is 15.1 Å². The summed E-state index contributed by atoms with van der Waals surface area (Å²) in [5.74, 6) is 0.873. The number of amides is 2. The van der Waals surface area contributed by atoms with Crippen molar-refractivity contribution in [3.05, 3.63) is 60.2 Å². The van der Waals surface area contributed by atoms with E-state index in [1.165, 1.54) is 16.9 Å². The quantitative estimate of drug-likeness (QED) is 0.617. The van der Waals surface area contributed by atoms with Gasteiger partial charge < -0.3 is 9.64 Å². The van der Waals surface area contributed by atoms with E-state index in [1.54, 1.807) is 12.0 Å². The first-order chi connectivity index (χ1) is 15.6. The second-order valence-corrected chi connectivity index (χ2v) is 9.16. The molecular formula is C24H24N4O3S. The molecule has 1 saturated carbocycles. The highest BCUT2D eigenvalue weighted by molar-refractivity contribution is 7.18. The summed E-state index contributed by atoms with van der Waals surface area (Å²) >= 11 is 1.31. The minimum atomic E-state index is -0.455. The number of anilines is 1. The molecule has 7 nitrogen and oxygen atoms in total. The van der Waals surface area contributed by atoms with Crippen LogP contribution in [0.3, 0.4) is 0 Å². The number of likely N-dealkylation sites (tertiary alicyclic amines) is 1. The van der Waals surface area contributed by atoms with Gasteiger partial charge in [0, 0.05) is 18.0 Å². The molecule has 3 atom stereocenters. The number of carbonyl (C=O) groups excluding carboxylic acids is 2. The van der Waals surface area contributed by atoms with Crippen LogP contribution >= 0.6 is 11.3 Å². The third-order valence-electron chi connectivity index (χ3n) is 6.15. The zero-order chi connectivity index (χ0) is 22.1. The molecule has 0 radical (unpaired) electrons. The molecule has 0 spiro atoms. The third-order valence-corrected chi connectivity index (χ3v) is 7.03. The molecule has 5 rings (SSSR count). The van der Waals surface area contributed by atoms with E-state index in [2.05, 4.69) is 27.6 Å². The fourth-order valence-electron chi connectivity index (χ4n) is 4.39. The first-order valence-electron chi connectivity index (χ1n) is 10.8. The largest absolute Gasteiger partial charge is 0.497 e. The van der Waals surface area contributed by atoms with Crippen LogP contribution in [-0.2, 0) is 9.59 Å². The average molecular weight is 449 g/mol. The molecule has 1 aliphatic heterocycles. The predicted octanol–water partition coefficient (Wildman–Crippen LogP) is 3.95. The smallest absolute Gasteiger partial charge is 0.249 e. The number of benzene rings is 2. The van der Waals surface area contributed by atoms with Gasteiger partial charge >= 0.3 is 0 Å². The Morgan fingerprint density at radius 1 is 1.12 bits per heavy atom. The monoisotopic (exact) mass is 448 g/mol. The van der Waals surface area contributed by atoms with Gasteiger partial charge in [0.2, 0.25) is 16.9 Å². The van der Waals surface area contributed by atoms with Crippen molar-refractivity contribution in [2.24, 2.45) is 5.92 Å². The molecular weight excluding hydrogens is 424 g/mol. The number of carbonyl (C=O) groups is 2. The first-order valence-corrected chi connectivity index (χ1v) is 11.6. The Bertz CT molecular complexity index is 1130. The zero-order valence-electron chi connectivity index (χ0n) is 17.7. The van der Waals surface area contributed by atoms with Crippen LogP contribution in [0.25, 0.3) is 10.6 Å². The molecule has 3 unspecified atom stereocenters. The highest BCUT2D eigenvalue weighted by atomic mass is 32.1. The summed E-state index contributed by atoms with van der Waals surface area (Å²) in [6.45, 7) is 0.625. The van der Waals surface area contributed by atoms with Crippen LogP contribution in [0.4, 0.5) is 5.13 Å². The topological polar surface area (TPSA) is 84.4 Å². The number of hydrogen-bond donors (Lipinski definition) is 1. The van der Waals surface area contributed by atoms with E-state index in [1.807, 2.05) is 42.5 Å². The molecule has 0 bridgehead atoms. The van der Waals surface area contributed by atoms with Crippen molar-refractivity contribution >= 4 is 28.3 Å². The minimum Gasteiger partial charge on any atom is -0.497 e. The molecule has 2 amide bonds. The summed E-state index contributed by atoms with van der Waals surface area (Å²) < 4.78 is 5.26. The lowest BCUT2D eigenvalue weighted by Crippen LogP contribution is -2.44. The summed E-state index contributed by atoms with van der Waals surface area (Å²) in [5, 5.41) is 12.3. The van der Waals surface area contributed by atoms with E-state index in [9.17, 15) is 9.59 Å². The van der Waals surface area contributed by atoms with Crippen LogP contribution in [0.1, 0.15) is 30.7 Å². The highest BCUT2D eigenvalue weighted by Crippen LogP contribution is 2.49. The van der Waals surface area contributed by atoms with Gasteiger partial charge in [0.25, 0.3) is 0 Å². The van der Waals surface area contributed by atoms with Crippen LogP contribution in [0.15, 0.2) is 54.6 Å². The molecule has 2 heterocycles. The van der Waals surface area contributed by atoms with Crippen LogP contribution < -0.4 is 10.1 Å². The summed E-state index contributed by atoms with van der Waals surface area (Å²) in [4.78, 5) is 27.9. The molecule has 1 saturated heterocycles. The predicted molar refractivity (Wildman–Crippen MR) is 123 cm³/mol. The Labute approximate surface area is 190 Å². The lowest BCUT2D eigenvalue weighted by Gasteiger charge is -2.23. The lowest BCUT2D eigenvalue weighted by atomic mass is 10.1. The van der Waals surface area contributed by atoms with Crippen molar-refractivity contribution in [2.45, 2.75) is 31.2 Å². The maximum atomic E-state index is 13.1. The third kappa shape index (κ3) is 4.10. The molecule has 164 valence electrons. The molecule has 2 fully saturated rings. The van der Waals surface area contributed by atoms with Gasteiger partial charge in [-0.05, 0) is 42.9 Å². The van der Waals surface area contributed by atoms with Crippen molar-refractivity contribution in [3.63, 3.8) is 0 Å². The Morgan fingerprint density at radius 3 is 2.78 bits per heavy atom. The van der Waals surface area contributed by atoms with Crippen LogP contribution in [0.2, 0.25) is 0 Å². The van der Waals surface area contributed by atoms with Gasteiger partial charge in [-0.15, -0.1) is 10.2 Å². The maximum Gasteiger partial charge on any atom is 0.249 e. The van der Waals surface area contributed by atoms with Gasteiger partial charge in [-0.25, -0.2) is 0 Å². The van der Waals surface area contributed by atoms with Crippen molar-refractivity contribution in [3.8, 4) is 16.3 Å². The fraction of sp³-hybridized carbons (Fsp3) is 0.333. The Morgan fingerprint density at radius 2 is 1.97 bits per heavy atom. The molecule has 32 heavy (non-hydrogen) atoms. The normalized spacial score (nSPS) is 21.9. The molecule has 2 aromatic carbocycles. The highest BCUT2D eigenvalue weighted by Gasteiger charge is 2.48. The molecule has 1 N–H and O–H groups in total. The maximum absolute atomic E-state index is 13.1. The van der Waals surface area contributed by atoms with Crippen molar-refractivity contribution < 1.29 is 14.3 Å². The van der Waals surface area contributed by atoms with Gasteiger partial charge in [0.15, 0.2) is 0 Å². The van der Waals surface area contributed by atoms with E-state index in [0.29, 0.717) is 23.1 Å². The SMILES string of the molecule is COc1cccc(-c2nnc(NC(=O)C3CCCN3C(=O)C3CC3c3ccccc3)s2)c1. The number of rotatable bonds is 6. The lowest BCUT2D eigenvalue weighted by molar-refractivity contribution is -0.137. The molecule has 1 aromatic heterocycles. The summed E-state index contributed by atoms with van der Waals surface area (Å²) in [6, 6.07) is 17.2. The van der Waals surface area contributed by atoms with Crippen LogP contribution in [0, 0.1) is 5.92 Å². The Kier molecular flexibility index (Phi) is 5.61. The van der Waals surface area contributed by atoms with Gasteiger partial charge in [0.1, 0.15) is 16.8 Å². The Hall–Kier alpha value is -3.26. The molecule has 3 aromatic rings. The number of methoxy groups -OCH3 is 1. The minimum absolute atomic E-state index is 0.0213. The first kappa shape index (κ1) is 20.6. The molecule has 8 heteroatoms. The van der Waals surface area contributed by atoms with Gasteiger partial charge in [-0.2, -0.15) is 0 Å². The number of aromatic nitrogens is 2. The second kappa shape index (κ2) is 8.70. The zero-order valence-corrected chi connectivity index (χ0v) is 18.5. The van der Waals surface area contributed by atoms with Gasteiger partial charge in [-0.1, -0.05) is 53.8 Å². The van der Waals surface area contributed by atoms with Crippen LogP contribution in [0.5, 0.6) is 5.75 Å². The second-order valence-electron chi connectivity index (χ2n) is 8.18. The average Bonchev–Trinajstić information content (AvgIpc) is 3.24. The van der Waals surface area contributed by atoms with Crippen molar-refractivity contribution in [2.75, 3.05) is 19.0 Å². The number of hydrogen-bond acceptors (Lipinski definition) is 6. The Balaban J connectivity index is 1.24. The van der Waals surface area contributed by atoms with E-state index in [4.69, 9.17) is 4.74 Å². The number of nitrogens with zero attached hydrogens (tertiary/aromatic N) is 3. The number of ether oxygens (including phenoxy) is 1. The van der Waals surface area contributed by atoms with E-state index in [-0.39, 0.29) is 23.7 Å². The van der Waals surface area contributed by atoms with Gasteiger partial charge in [0.05, 0.1) is 7.11 Å². The van der Waals surface area contributed by atoms with Crippen LogP contribution in [-0.4, -0.2) is 46.6 Å². The number of nitrogens with one attached hydrogen (secondary N) is 1. The van der Waals surface area contributed by atoms with Gasteiger partial charge in [-0.3, -0.25) is 14.9 Å².